The second-order valence-electron chi connectivity index (χ2n) is 8.25. The second-order valence-corrected chi connectivity index (χ2v) is 13.3. The summed E-state index contributed by atoms with van der Waals surface area (Å²) >= 11 is 0. The first kappa shape index (κ1) is 22.8. The van der Waals surface area contributed by atoms with Crippen LogP contribution in [0.15, 0.2) is 46.0 Å². The number of H-pyrrole nitrogens is 1. The highest BCUT2D eigenvalue weighted by atomic mass is 28.3. The van der Waals surface area contributed by atoms with E-state index >= 15 is 4.39 Å². The Morgan fingerprint density at radius 2 is 2.16 bits per heavy atom. The first-order chi connectivity index (χ1) is 14.6. The number of aromatic amines is 1. The monoisotopic (exact) mass is 449 g/mol. The Kier molecular flexibility index (Phi) is 6.67. The normalized spacial score (nSPS) is 23.9. The van der Waals surface area contributed by atoms with Crippen LogP contribution in [-0.4, -0.2) is 58.7 Å². The van der Waals surface area contributed by atoms with Gasteiger partial charge in [-0.2, -0.15) is 0 Å². The molecule has 11 heteroatoms. The maximum atomic E-state index is 15.2. The summed E-state index contributed by atoms with van der Waals surface area (Å²) in [4.78, 5) is 42.7. The number of carbonyl (C=O) groups excluding carboxylic acids is 1. The summed E-state index contributed by atoms with van der Waals surface area (Å²) in [5.41, 5.74) is 0.689. The molecule has 2 aromatic heterocycles. The van der Waals surface area contributed by atoms with Crippen molar-refractivity contribution in [3.05, 3.63) is 68.4 Å². The topological polar surface area (TPSA) is 124 Å². The lowest BCUT2D eigenvalue weighted by Crippen LogP contribution is -2.38. The Bertz CT molecular complexity index is 1080. The van der Waals surface area contributed by atoms with Crippen LogP contribution in [0.4, 0.5) is 4.39 Å². The fourth-order valence-electron chi connectivity index (χ4n) is 3.03. The van der Waals surface area contributed by atoms with Crippen molar-refractivity contribution in [2.75, 3.05) is 6.61 Å². The summed E-state index contributed by atoms with van der Waals surface area (Å²) < 4.78 is 26.8. The third-order valence-electron chi connectivity index (χ3n) is 4.62. The molecule has 2 N–H and O–H groups in total. The number of carbonyl (C=O) groups is 1. The maximum absolute atomic E-state index is 15.2. The lowest BCUT2D eigenvalue weighted by Gasteiger charge is -2.18. The minimum Gasteiger partial charge on any atom is -0.453 e. The van der Waals surface area contributed by atoms with E-state index in [4.69, 9.17) is 9.47 Å². The zero-order chi connectivity index (χ0) is 22.8. The van der Waals surface area contributed by atoms with Crippen molar-refractivity contribution in [3.8, 4) is 0 Å². The highest BCUT2D eigenvalue weighted by Gasteiger charge is 2.49. The van der Waals surface area contributed by atoms with E-state index in [9.17, 15) is 19.5 Å². The number of aromatic nitrogens is 3. The van der Waals surface area contributed by atoms with Crippen LogP contribution in [0, 0.1) is 0 Å². The average Bonchev–Trinajstić information content (AvgIpc) is 3.03. The number of nitrogens with one attached hydrogen (secondary N) is 1. The molecule has 3 heterocycles. The molecule has 0 saturated carbocycles. The Balaban J connectivity index is 1.90. The average molecular weight is 450 g/mol. The molecule has 4 unspecified atom stereocenters. The molecule has 0 spiro atoms. The van der Waals surface area contributed by atoms with E-state index in [1.54, 1.807) is 6.08 Å². The van der Waals surface area contributed by atoms with Crippen molar-refractivity contribution in [2.45, 2.75) is 44.2 Å². The van der Waals surface area contributed by atoms with Crippen LogP contribution in [0.1, 0.15) is 22.1 Å². The zero-order valence-electron chi connectivity index (χ0n) is 17.3. The van der Waals surface area contributed by atoms with Gasteiger partial charge in [0.15, 0.2) is 18.5 Å². The summed E-state index contributed by atoms with van der Waals surface area (Å²) in [6.45, 7) is 5.57. The lowest BCUT2D eigenvalue weighted by atomic mass is 10.1. The van der Waals surface area contributed by atoms with Gasteiger partial charge in [-0.15, -0.1) is 0 Å². The van der Waals surface area contributed by atoms with Crippen molar-refractivity contribution < 1.29 is 23.8 Å². The van der Waals surface area contributed by atoms with Crippen LogP contribution in [0.2, 0.25) is 19.6 Å². The number of esters is 1. The van der Waals surface area contributed by atoms with E-state index in [1.807, 2.05) is 5.70 Å². The molecule has 0 bridgehead atoms. The van der Waals surface area contributed by atoms with E-state index in [0.29, 0.717) is 0 Å². The quantitative estimate of drug-likeness (QED) is 0.503. The number of aliphatic hydroxyl groups is 1. The Morgan fingerprint density at radius 1 is 1.42 bits per heavy atom. The predicted molar refractivity (Wildman–Crippen MR) is 113 cm³/mol. The fourth-order valence-corrected chi connectivity index (χ4v) is 3.71. The molecule has 0 radical (unpaired) electrons. The van der Waals surface area contributed by atoms with Crippen molar-refractivity contribution in [2.24, 2.45) is 0 Å². The van der Waals surface area contributed by atoms with Crippen molar-refractivity contribution in [1.29, 1.82) is 0 Å². The van der Waals surface area contributed by atoms with Gasteiger partial charge in [-0.1, -0.05) is 31.4 Å². The number of nitrogens with zero attached hydrogens (tertiary/aromatic N) is 2. The van der Waals surface area contributed by atoms with Crippen LogP contribution >= 0.6 is 0 Å². The minimum absolute atomic E-state index is 0.106. The zero-order valence-corrected chi connectivity index (χ0v) is 18.3. The van der Waals surface area contributed by atoms with Gasteiger partial charge in [-0.05, 0) is 12.1 Å². The molecule has 166 valence electrons. The van der Waals surface area contributed by atoms with Crippen LogP contribution in [-0.2, 0) is 9.47 Å². The van der Waals surface area contributed by atoms with Gasteiger partial charge >= 0.3 is 11.7 Å². The third kappa shape index (κ3) is 5.24. The molecule has 1 aliphatic rings. The van der Waals surface area contributed by atoms with E-state index < -0.39 is 56.5 Å². The predicted octanol–water partition coefficient (Wildman–Crippen LogP) is 1.28. The maximum Gasteiger partial charge on any atom is 0.340 e. The molecular formula is C20H24FN3O6Si. The van der Waals surface area contributed by atoms with Crippen molar-refractivity contribution in [1.82, 2.24) is 14.5 Å². The highest BCUT2D eigenvalue weighted by molar-refractivity contribution is 6.81. The SMILES string of the molecule is C[Si](C)(C)/C=C/c1cn(C2OC(CO)C(OC(=O)c3cccnc3)C2F)c(=O)[nH]c1=O. The summed E-state index contributed by atoms with van der Waals surface area (Å²) in [5.74, 6) is -0.837. The van der Waals surface area contributed by atoms with E-state index in [0.717, 1.165) is 4.57 Å². The van der Waals surface area contributed by atoms with Gasteiger partial charge in [0.2, 0.25) is 0 Å². The summed E-state index contributed by atoms with van der Waals surface area (Å²) in [5, 5.41) is 9.60. The number of alkyl halides is 1. The van der Waals surface area contributed by atoms with E-state index in [-0.39, 0.29) is 11.1 Å². The second kappa shape index (κ2) is 9.08. The van der Waals surface area contributed by atoms with E-state index in [2.05, 4.69) is 29.6 Å². The first-order valence-corrected chi connectivity index (χ1v) is 13.2. The fraction of sp³-hybridized carbons (Fsp3) is 0.400. The van der Waals surface area contributed by atoms with Crippen LogP contribution in [0.3, 0.4) is 0 Å². The Labute approximate surface area is 178 Å². The number of pyridine rings is 1. The first-order valence-electron chi connectivity index (χ1n) is 9.67. The van der Waals surface area contributed by atoms with E-state index in [1.165, 1.54) is 30.7 Å². The van der Waals surface area contributed by atoms with Crippen molar-refractivity contribution >= 4 is 20.1 Å². The van der Waals surface area contributed by atoms with Gasteiger partial charge in [0.1, 0.15) is 6.10 Å². The molecule has 4 atom stereocenters. The summed E-state index contributed by atoms with van der Waals surface area (Å²) in [6, 6.07) is 2.98. The number of hydrogen-bond acceptors (Lipinski definition) is 7. The van der Waals surface area contributed by atoms with Gasteiger partial charge in [-0.3, -0.25) is 19.3 Å². The number of aliphatic hydroxyl groups excluding tert-OH is 1. The molecule has 1 aliphatic heterocycles. The molecule has 9 nitrogen and oxygen atoms in total. The molecular weight excluding hydrogens is 425 g/mol. The smallest absolute Gasteiger partial charge is 0.340 e. The Morgan fingerprint density at radius 3 is 2.77 bits per heavy atom. The number of ether oxygens (including phenoxy) is 2. The largest absolute Gasteiger partial charge is 0.453 e. The molecule has 0 aromatic carbocycles. The van der Waals surface area contributed by atoms with Gasteiger partial charge in [-0.25, -0.2) is 14.0 Å². The molecule has 1 saturated heterocycles. The Hall–Kier alpha value is -2.89. The van der Waals surface area contributed by atoms with Gasteiger partial charge < -0.3 is 14.6 Å². The third-order valence-corrected chi connectivity index (χ3v) is 5.79. The van der Waals surface area contributed by atoms with Crippen LogP contribution in [0.25, 0.3) is 6.08 Å². The molecule has 1 fully saturated rings. The number of hydrogen-bond donors (Lipinski definition) is 2. The molecule has 2 aromatic rings. The molecule has 0 aliphatic carbocycles. The van der Waals surface area contributed by atoms with Crippen LogP contribution < -0.4 is 11.2 Å². The molecule has 3 rings (SSSR count). The van der Waals surface area contributed by atoms with Crippen LogP contribution in [0.5, 0.6) is 0 Å². The number of rotatable bonds is 6. The van der Waals surface area contributed by atoms with Gasteiger partial charge in [0, 0.05) is 18.6 Å². The minimum atomic E-state index is -1.96. The standard InChI is InChI=1S/C20H24FN3O6Si/c1-31(2,3)8-6-13-10-24(20(28)23-17(13)26)18-15(21)16(14(11-25)29-18)30-19(27)12-5-4-7-22-9-12/h4-10,14-16,18,25H,11H2,1-3H3,(H,23,26,28)/b8-6+. The number of halogens is 1. The lowest BCUT2D eigenvalue weighted by molar-refractivity contribution is -0.0534. The highest BCUT2D eigenvalue weighted by Crippen LogP contribution is 2.33. The summed E-state index contributed by atoms with van der Waals surface area (Å²) in [7, 11) is -1.64. The van der Waals surface area contributed by atoms with Crippen molar-refractivity contribution in [3.63, 3.8) is 0 Å². The summed E-state index contributed by atoms with van der Waals surface area (Å²) in [6.07, 6.45) is -0.580. The van der Waals surface area contributed by atoms with Gasteiger partial charge in [0.25, 0.3) is 5.56 Å². The molecule has 31 heavy (non-hydrogen) atoms. The van der Waals surface area contributed by atoms with Gasteiger partial charge in [0.05, 0.1) is 25.8 Å². The molecule has 0 amide bonds.